The minimum atomic E-state index is -0.861. The number of carbonyl (C=O) groups is 4. The van der Waals surface area contributed by atoms with Crippen LogP contribution in [0.15, 0.2) is 75.6 Å². The molecule has 3 aromatic heterocycles. The van der Waals surface area contributed by atoms with Crippen molar-refractivity contribution in [3.05, 3.63) is 89.6 Å². The van der Waals surface area contributed by atoms with Gasteiger partial charge in [-0.1, -0.05) is 30.3 Å². The zero-order valence-electron chi connectivity index (χ0n) is 18.4. The summed E-state index contributed by atoms with van der Waals surface area (Å²) in [4.78, 5) is 53.7. The maximum atomic E-state index is 13.0. The maximum absolute atomic E-state index is 13.0. The fraction of sp³-hybridized carbons (Fsp3) is 0. The lowest BCUT2D eigenvalue weighted by Gasteiger charge is -2.07. The predicted molar refractivity (Wildman–Crippen MR) is 130 cm³/mol. The molecular weight excluding hydrogens is 466 g/mol. The molecule has 11 heteroatoms. The smallest absolute Gasteiger partial charge is 0.286 e. The monoisotopic (exact) mass is 483 g/mol. The molecule has 6 N–H and O–H groups in total. The third kappa shape index (κ3) is 3.90. The van der Waals surface area contributed by atoms with Crippen LogP contribution in [0.5, 0.6) is 0 Å². The van der Waals surface area contributed by atoms with E-state index < -0.39 is 23.6 Å². The van der Waals surface area contributed by atoms with E-state index in [-0.39, 0.29) is 34.3 Å². The molecule has 5 aromatic rings. The number of primary amides is 2. The van der Waals surface area contributed by atoms with Gasteiger partial charge in [0.1, 0.15) is 33.9 Å². The first-order chi connectivity index (χ1) is 17.3. The molecule has 0 atom stereocenters. The molecule has 0 aliphatic carbocycles. The maximum Gasteiger partial charge on any atom is 0.286 e. The molecule has 0 spiro atoms. The lowest BCUT2D eigenvalue weighted by molar-refractivity contribution is 0.0968. The van der Waals surface area contributed by atoms with Crippen molar-refractivity contribution in [1.82, 2.24) is 4.98 Å². The number of para-hydroxylation sites is 2. The molecule has 178 valence electrons. The van der Waals surface area contributed by atoms with Crippen LogP contribution in [0.2, 0.25) is 0 Å². The van der Waals surface area contributed by atoms with Crippen molar-refractivity contribution in [2.24, 2.45) is 11.5 Å². The Morgan fingerprint density at radius 1 is 0.611 bits per heavy atom. The Morgan fingerprint density at radius 3 is 1.44 bits per heavy atom. The second-order valence-electron chi connectivity index (χ2n) is 7.65. The molecule has 0 bridgehead atoms. The van der Waals surface area contributed by atoms with Crippen LogP contribution in [0.3, 0.4) is 0 Å². The van der Waals surface area contributed by atoms with Gasteiger partial charge >= 0.3 is 0 Å². The Balaban J connectivity index is 1.44. The minimum absolute atomic E-state index is 0.0933. The number of hydrogen-bond acceptors (Lipinski definition) is 7. The van der Waals surface area contributed by atoms with Crippen LogP contribution in [-0.4, -0.2) is 28.6 Å². The average Bonchev–Trinajstić information content (AvgIpc) is 3.43. The van der Waals surface area contributed by atoms with Crippen LogP contribution in [0.4, 0.5) is 11.4 Å². The second-order valence-corrected chi connectivity index (χ2v) is 7.65. The van der Waals surface area contributed by atoms with Crippen LogP contribution < -0.4 is 22.1 Å². The van der Waals surface area contributed by atoms with Crippen molar-refractivity contribution in [2.75, 3.05) is 10.6 Å². The molecule has 0 unspecified atom stereocenters. The van der Waals surface area contributed by atoms with Crippen LogP contribution in [0, 0.1) is 0 Å². The number of rotatable bonds is 6. The molecule has 2 aromatic carbocycles. The topological polar surface area (TPSA) is 184 Å². The van der Waals surface area contributed by atoms with E-state index in [0.29, 0.717) is 21.9 Å². The lowest BCUT2D eigenvalue weighted by Crippen LogP contribution is -2.21. The van der Waals surface area contributed by atoms with Gasteiger partial charge in [0.2, 0.25) is 11.5 Å². The lowest BCUT2D eigenvalue weighted by atomic mass is 10.2. The number of nitrogens with two attached hydrogens (primary N) is 2. The number of furan rings is 2. The molecule has 11 nitrogen and oxygen atoms in total. The summed E-state index contributed by atoms with van der Waals surface area (Å²) in [5.41, 5.74) is 11.5. The van der Waals surface area contributed by atoms with Gasteiger partial charge in [0.05, 0.1) is 0 Å². The van der Waals surface area contributed by atoms with Crippen molar-refractivity contribution >= 4 is 56.9 Å². The van der Waals surface area contributed by atoms with Gasteiger partial charge in [-0.2, -0.15) is 0 Å². The number of hydrogen-bond donors (Lipinski definition) is 4. The Hall–Kier alpha value is -5.45. The summed E-state index contributed by atoms with van der Waals surface area (Å²) in [5.74, 6) is -3.57. The summed E-state index contributed by atoms with van der Waals surface area (Å²) in [6.45, 7) is 0. The molecular formula is C25H17N5O6. The second kappa shape index (κ2) is 8.72. The third-order valence-corrected chi connectivity index (χ3v) is 5.33. The minimum Gasteiger partial charge on any atom is -0.449 e. The predicted octanol–water partition coefficient (Wildman–Crippen LogP) is 3.28. The van der Waals surface area contributed by atoms with Gasteiger partial charge in [0, 0.05) is 10.8 Å². The number of fused-ring (bicyclic) bond motifs is 2. The molecule has 0 aliphatic heterocycles. The number of benzene rings is 2. The van der Waals surface area contributed by atoms with E-state index in [4.69, 9.17) is 20.3 Å². The summed E-state index contributed by atoms with van der Waals surface area (Å²) >= 11 is 0. The summed E-state index contributed by atoms with van der Waals surface area (Å²) in [7, 11) is 0. The first-order valence-electron chi connectivity index (χ1n) is 10.6. The van der Waals surface area contributed by atoms with Crippen molar-refractivity contribution in [3.63, 3.8) is 0 Å². The number of pyridine rings is 1. The molecule has 3 heterocycles. The summed E-state index contributed by atoms with van der Waals surface area (Å²) in [6.07, 6.45) is 0. The van der Waals surface area contributed by atoms with Gasteiger partial charge in [-0.3, -0.25) is 19.2 Å². The van der Waals surface area contributed by atoms with Crippen molar-refractivity contribution in [3.8, 4) is 0 Å². The number of nitrogens with one attached hydrogen (secondary N) is 2. The van der Waals surface area contributed by atoms with E-state index in [1.807, 2.05) is 0 Å². The molecule has 0 aliphatic rings. The molecule has 5 rings (SSSR count). The standard InChI is InChI=1S/C25H17N5O6/c26-22(31)20-18(12-6-1-3-10-16(12)35-20)29-24(33)14-8-5-9-15(28-14)25(34)30-19-13-7-2-4-11-17(13)36-21(19)23(27)32/h1-11H,(H2,26,31)(H2,27,32)(H,29,33)(H,30,34). The summed E-state index contributed by atoms with van der Waals surface area (Å²) in [5, 5.41) is 6.12. The normalized spacial score (nSPS) is 10.9. The van der Waals surface area contributed by atoms with Gasteiger partial charge in [-0.15, -0.1) is 0 Å². The Labute approximate surface area is 202 Å². The number of aromatic nitrogens is 1. The highest BCUT2D eigenvalue weighted by Crippen LogP contribution is 2.32. The zero-order valence-corrected chi connectivity index (χ0v) is 18.4. The first kappa shape index (κ1) is 22.3. The van der Waals surface area contributed by atoms with Gasteiger partial charge in [-0.05, 0) is 36.4 Å². The van der Waals surface area contributed by atoms with Gasteiger partial charge in [0.25, 0.3) is 23.6 Å². The highest BCUT2D eigenvalue weighted by molar-refractivity contribution is 6.15. The van der Waals surface area contributed by atoms with E-state index in [0.717, 1.165) is 0 Å². The number of amides is 4. The van der Waals surface area contributed by atoms with Crippen molar-refractivity contribution in [2.45, 2.75) is 0 Å². The van der Waals surface area contributed by atoms with E-state index in [9.17, 15) is 19.2 Å². The SMILES string of the molecule is NC(=O)c1oc2ccccc2c1NC(=O)c1cccc(C(=O)Nc2c(C(N)=O)oc3ccccc23)n1. The Kier molecular flexibility index (Phi) is 5.41. The summed E-state index contributed by atoms with van der Waals surface area (Å²) < 4.78 is 10.9. The number of anilines is 2. The highest BCUT2D eigenvalue weighted by Gasteiger charge is 2.24. The van der Waals surface area contributed by atoms with Gasteiger partial charge < -0.3 is 30.9 Å². The van der Waals surface area contributed by atoms with Crippen LogP contribution >= 0.6 is 0 Å². The Bertz CT molecular complexity index is 1580. The third-order valence-electron chi connectivity index (χ3n) is 5.33. The van der Waals surface area contributed by atoms with Gasteiger partial charge in [0.15, 0.2) is 0 Å². The molecule has 36 heavy (non-hydrogen) atoms. The van der Waals surface area contributed by atoms with E-state index >= 15 is 0 Å². The molecule has 4 amide bonds. The summed E-state index contributed by atoms with van der Waals surface area (Å²) in [6, 6.07) is 17.6. The number of nitrogens with zero attached hydrogens (tertiary/aromatic N) is 1. The van der Waals surface area contributed by atoms with Crippen LogP contribution in [0.1, 0.15) is 42.1 Å². The molecule has 0 saturated heterocycles. The fourth-order valence-corrected chi connectivity index (χ4v) is 3.73. The number of carbonyl (C=O) groups excluding carboxylic acids is 4. The van der Waals surface area contributed by atoms with E-state index in [2.05, 4.69) is 15.6 Å². The fourth-order valence-electron chi connectivity index (χ4n) is 3.73. The highest BCUT2D eigenvalue weighted by atomic mass is 16.4. The zero-order chi connectivity index (χ0) is 25.4. The average molecular weight is 483 g/mol. The molecule has 0 radical (unpaired) electrons. The molecule has 0 fully saturated rings. The van der Waals surface area contributed by atoms with Crippen molar-refractivity contribution < 1.29 is 28.0 Å². The quantitative estimate of drug-likeness (QED) is 0.285. The first-order valence-corrected chi connectivity index (χ1v) is 10.6. The largest absolute Gasteiger partial charge is 0.449 e. The van der Waals surface area contributed by atoms with Crippen LogP contribution in [0.25, 0.3) is 21.9 Å². The van der Waals surface area contributed by atoms with E-state index in [1.54, 1.807) is 48.5 Å². The van der Waals surface area contributed by atoms with E-state index in [1.165, 1.54) is 18.2 Å². The van der Waals surface area contributed by atoms with Crippen LogP contribution in [-0.2, 0) is 0 Å². The molecule has 0 saturated carbocycles. The Morgan fingerprint density at radius 2 is 1.03 bits per heavy atom. The van der Waals surface area contributed by atoms with Gasteiger partial charge in [-0.25, -0.2) is 4.98 Å². The van der Waals surface area contributed by atoms with Crippen molar-refractivity contribution in [1.29, 1.82) is 0 Å².